The summed E-state index contributed by atoms with van der Waals surface area (Å²) in [6.45, 7) is 4.88. The van der Waals surface area contributed by atoms with Crippen LogP contribution in [0.2, 0.25) is 5.02 Å². The largest absolute Gasteiger partial charge is 0.458 e. The Kier molecular flexibility index (Phi) is 8.48. The molecule has 2 amide bonds. The number of carbonyl (C=O) groups excluding carboxylic acids is 3. The fourth-order valence-corrected chi connectivity index (χ4v) is 3.96. The third-order valence-electron chi connectivity index (χ3n) is 5.41. The van der Waals surface area contributed by atoms with Crippen molar-refractivity contribution in [1.29, 1.82) is 0 Å². The number of esters is 1. The fraction of sp³-hybridized carbons (Fsp3) is 0.545. The van der Waals surface area contributed by atoms with Gasteiger partial charge in [0.25, 0.3) is 0 Å². The number of amides is 2. The van der Waals surface area contributed by atoms with Crippen LogP contribution in [-0.2, 0) is 19.1 Å². The third-order valence-corrected chi connectivity index (χ3v) is 5.88. The second kappa shape index (κ2) is 11.1. The molecule has 12 heteroatoms. The van der Waals surface area contributed by atoms with E-state index in [4.69, 9.17) is 27.9 Å². The number of aromatic nitrogens is 4. The number of rotatable bonds is 9. The van der Waals surface area contributed by atoms with E-state index in [1.165, 1.54) is 15.9 Å². The maximum atomic E-state index is 13.1. The Morgan fingerprint density at radius 1 is 1.29 bits per heavy atom. The normalized spacial score (nSPS) is 14.7. The molecule has 1 aliphatic carbocycles. The van der Waals surface area contributed by atoms with Crippen LogP contribution >= 0.6 is 23.2 Å². The molecule has 1 aromatic heterocycles. The summed E-state index contributed by atoms with van der Waals surface area (Å²) in [4.78, 5) is 40.1. The van der Waals surface area contributed by atoms with Gasteiger partial charge in [0.2, 0.25) is 11.8 Å². The van der Waals surface area contributed by atoms with E-state index in [9.17, 15) is 14.4 Å². The molecule has 0 spiro atoms. The van der Waals surface area contributed by atoms with Crippen LogP contribution < -0.4 is 5.32 Å². The lowest BCUT2D eigenvalue weighted by Gasteiger charge is -2.36. The van der Waals surface area contributed by atoms with Gasteiger partial charge in [0, 0.05) is 5.02 Å². The molecule has 10 nitrogen and oxygen atoms in total. The average Bonchev–Trinajstić information content (AvgIpc) is 3.24. The number of hydrogen-bond acceptors (Lipinski definition) is 7. The lowest BCUT2D eigenvalue weighted by atomic mass is 9.80. The summed E-state index contributed by atoms with van der Waals surface area (Å²) in [6, 6.07) is 3.91. The van der Waals surface area contributed by atoms with Gasteiger partial charge in [-0.25, -0.2) is 4.79 Å². The number of ether oxygens (including phenoxy) is 1. The zero-order chi connectivity index (χ0) is 24.9. The Hall–Kier alpha value is -2.72. The summed E-state index contributed by atoms with van der Waals surface area (Å²) in [6.07, 6.45) is 4.79. The first-order valence-electron chi connectivity index (χ1n) is 11.0. The molecular weight excluding hydrogens is 483 g/mol. The summed E-state index contributed by atoms with van der Waals surface area (Å²) in [7, 11) is 0. The van der Waals surface area contributed by atoms with Crippen molar-refractivity contribution in [1.82, 2.24) is 25.1 Å². The Balaban J connectivity index is 1.83. The maximum Gasteiger partial charge on any atom is 0.329 e. The van der Waals surface area contributed by atoms with Crippen molar-refractivity contribution >= 4 is 46.7 Å². The van der Waals surface area contributed by atoms with E-state index < -0.39 is 29.4 Å². The van der Waals surface area contributed by atoms with Crippen LogP contribution in [0.5, 0.6) is 0 Å². The first kappa shape index (κ1) is 25.9. The van der Waals surface area contributed by atoms with Crippen molar-refractivity contribution < 1.29 is 19.1 Å². The Morgan fingerprint density at radius 2 is 2.03 bits per heavy atom. The fourth-order valence-electron chi connectivity index (χ4n) is 3.64. The standard InChI is InChI=1S/C22H28Cl2N6O4/c1-22(2,3)34-21(33)18(9-14-5-4-6-14)29(20(32)11-23)12-19(31)26-16-10-15(24)7-8-17(16)30-13-25-27-28-30/h7-8,10,13-14,18H,4-6,9,11-12H2,1-3H3,(H,26,31). The number of hydrogen-bond donors (Lipinski definition) is 1. The molecule has 1 atom stereocenters. The highest BCUT2D eigenvalue weighted by atomic mass is 35.5. The Morgan fingerprint density at radius 3 is 2.59 bits per heavy atom. The van der Waals surface area contributed by atoms with Gasteiger partial charge in [0.1, 0.15) is 30.4 Å². The first-order chi connectivity index (χ1) is 16.1. The van der Waals surface area contributed by atoms with Crippen LogP contribution in [0.4, 0.5) is 5.69 Å². The zero-order valence-corrected chi connectivity index (χ0v) is 20.8. The SMILES string of the molecule is CC(C)(C)OC(=O)C(CC1CCC1)N(CC(=O)Nc1cc(Cl)ccc1-n1cnnn1)C(=O)CCl. The minimum absolute atomic E-state index is 0.283. The molecule has 0 bridgehead atoms. The number of nitrogens with one attached hydrogen (secondary N) is 1. The van der Waals surface area contributed by atoms with E-state index in [2.05, 4.69) is 20.8 Å². The average molecular weight is 511 g/mol. The molecule has 1 unspecified atom stereocenters. The number of nitrogens with zero attached hydrogens (tertiary/aromatic N) is 5. The monoisotopic (exact) mass is 510 g/mol. The van der Waals surface area contributed by atoms with Crippen molar-refractivity contribution in [3.8, 4) is 5.69 Å². The van der Waals surface area contributed by atoms with Crippen molar-refractivity contribution in [3.05, 3.63) is 29.5 Å². The third kappa shape index (κ3) is 6.89. The molecule has 34 heavy (non-hydrogen) atoms. The van der Waals surface area contributed by atoms with Gasteiger partial charge in [-0.3, -0.25) is 9.59 Å². The lowest BCUT2D eigenvalue weighted by molar-refractivity contribution is -0.165. The van der Waals surface area contributed by atoms with Crippen molar-refractivity contribution in [2.24, 2.45) is 5.92 Å². The molecule has 1 saturated carbocycles. The highest BCUT2D eigenvalue weighted by Crippen LogP contribution is 2.33. The van der Waals surface area contributed by atoms with E-state index >= 15 is 0 Å². The van der Waals surface area contributed by atoms with E-state index in [1.54, 1.807) is 39.0 Å². The van der Waals surface area contributed by atoms with Gasteiger partial charge in [-0.15, -0.1) is 16.7 Å². The van der Waals surface area contributed by atoms with Gasteiger partial charge in [0.15, 0.2) is 0 Å². The van der Waals surface area contributed by atoms with Gasteiger partial charge < -0.3 is 15.0 Å². The summed E-state index contributed by atoms with van der Waals surface area (Å²) >= 11 is 12.0. The van der Waals surface area contributed by atoms with Crippen LogP contribution in [0.3, 0.4) is 0 Å². The Bertz CT molecular complexity index is 1020. The molecule has 1 fully saturated rings. The van der Waals surface area contributed by atoms with Crippen LogP contribution in [0.1, 0.15) is 46.5 Å². The minimum atomic E-state index is -0.917. The van der Waals surface area contributed by atoms with Gasteiger partial charge in [0.05, 0.1) is 11.4 Å². The molecule has 184 valence electrons. The second-order valence-electron chi connectivity index (χ2n) is 9.20. The lowest BCUT2D eigenvalue weighted by Crippen LogP contribution is -2.51. The first-order valence-corrected chi connectivity index (χ1v) is 11.9. The molecule has 2 aromatic rings. The van der Waals surface area contributed by atoms with Gasteiger partial charge >= 0.3 is 5.97 Å². The molecule has 1 N–H and O–H groups in total. The number of benzene rings is 1. The Labute approximate surface area is 207 Å². The zero-order valence-electron chi connectivity index (χ0n) is 19.3. The number of halogens is 2. The molecule has 1 heterocycles. The minimum Gasteiger partial charge on any atom is -0.458 e. The van der Waals surface area contributed by atoms with Crippen molar-refractivity contribution in [3.63, 3.8) is 0 Å². The molecule has 0 radical (unpaired) electrons. The molecule has 1 aliphatic rings. The predicted molar refractivity (Wildman–Crippen MR) is 127 cm³/mol. The van der Waals surface area contributed by atoms with Crippen LogP contribution in [0.25, 0.3) is 5.69 Å². The molecular formula is C22H28Cl2N6O4. The van der Waals surface area contributed by atoms with Crippen LogP contribution in [-0.4, -0.2) is 67.0 Å². The van der Waals surface area contributed by atoms with E-state index in [0.717, 1.165) is 19.3 Å². The summed E-state index contributed by atoms with van der Waals surface area (Å²) < 4.78 is 6.95. The van der Waals surface area contributed by atoms with E-state index in [-0.39, 0.29) is 18.3 Å². The topological polar surface area (TPSA) is 119 Å². The predicted octanol–water partition coefficient (Wildman–Crippen LogP) is 3.22. The second-order valence-corrected chi connectivity index (χ2v) is 9.90. The molecule has 0 saturated heterocycles. The molecule has 3 rings (SSSR count). The van der Waals surface area contributed by atoms with Crippen LogP contribution in [0.15, 0.2) is 24.5 Å². The summed E-state index contributed by atoms with van der Waals surface area (Å²) in [5, 5.41) is 14.2. The van der Waals surface area contributed by atoms with Crippen LogP contribution in [0, 0.1) is 5.92 Å². The quantitative estimate of drug-likeness (QED) is 0.406. The smallest absolute Gasteiger partial charge is 0.329 e. The number of anilines is 1. The molecule has 0 aliphatic heterocycles. The summed E-state index contributed by atoms with van der Waals surface area (Å²) in [5.74, 6) is -1.70. The van der Waals surface area contributed by atoms with Crippen molar-refractivity contribution in [2.75, 3.05) is 17.7 Å². The summed E-state index contributed by atoms with van der Waals surface area (Å²) in [5.41, 5.74) is 0.0843. The highest BCUT2D eigenvalue weighted by molar-refractivity contribution is 6.31. The number of tetrazole rings is 1. The maximum absolute atomic E-state index is 13.1. The van der Waals surface area contributed by atoms with E-state index in [1.807, 2.05) is 0 Å². The van der Waals surface area contributed by atoms with Gasteiger partial charge in [-0.2, -0.15) is 4.68 Å². The van der Waals surface area contributed by atoms with Gasteiger partial charge in [-0.1, -0.05) is 30.9 Å². The molecule has 1 aromatic carbocycles. The number of alkyl halides is 1. The highest BCUT2D eigenvalue weighted by Gasteiger charge is 2.37. The number of carbonyl (C=O) groups is 3. The van der Waals surface area contributed by atoms with Gasteiger partial charge in [-0.05, 0) is 61.7 Å². The van der Waals surface area contributed by atoms with E-state index in [0.29, 0.717) is 22.8 Å². The van der Waals surface area contributed by atoms with Crippen molar-refractivity contribution in [2.45, 2.75) is 58.1 Å².